The highest BCUT2D eigenvalue weighted by molar-refractivity contribution is 5.93. The molecule has 1 aliphatic rings. The Labute approximate surface area is 133 Å². The van der Waals surface area contributed by atoms with Crippen LogP contribution in [-0.2, 0) is 4.74 Å². The van der Waals surface area contributed by atoms with Crippen molar-refractivity contribution in [2.24, 2.45) is 0 Å². The van der Waals surface area contributed by atoms with Gasteiger partial charge in [0.05, 0.1) is 19.3 Å². The van der Waals surface area contributed by atoms with Crippen molar-refractivity contribution in [1.29, 1.82) is 0 Å². The zero-order valence-electron chi connectivity index (χ0n) is 12.8. The van der Waals surface area contributed by atoms with Gasteiger partial charge in [-0.2, -0.15) is 0 Å². The first kappa shape index (κ1) is 15.5. The lowest BCUT2D eigenvalue weighted by atomic mass is 10.1. The first-order chi connectivity index (χ1) is 11.1. The smallest absolute Gasteiger partial charge is 0.274 e. The van der Waals surface area contributed by atoms with E-state index in [1.165, 1.54) is 12.1 Å². The summed E-state index contributed by atoms with van der Waals surface area (Å²) >= 11 is 0. The summed E-state index contributed by atoms with van der Waals surface area (Å²) in [6, 6.07) is 7.38. The number of benzene rings is 1. The van der Waals surface area contributed by atoms with E-state index in [2.05, 4.69) is 10.5 Å². The topological polar surface area (TPSA) is 67.6 Å². The third-order valence-electron chi connectivity index (χ3n) is 3.77. The number of anilines is 1. The molecule has 122 valence electrons. The summed E-state index contributed by atoms with van der Waals surface area (Å²) in [6.07, 6.45) is 0. The number of ether oxygens (including phenoxy) is 1. The van der Waals surface area contributed by atoms with Gasteiger partial charge in [0.1, 0.15) is 5.82 Å². The van der Waals surface area contributed by atoms with Crippen LogP contribution in [-0.4, -0.2) is 37.4 Å². The molecule has 1 atom stereocenters. The van der Waals surface area contributed by atoms with Gasteiger partial charge >= 0.3 is 0 Å². The summed E-state index contributed by atoms with van der Waals surface area (Å²) in [6.45, 7) is 4.51. The number of morpholine rings is 1. The lowest BCUT2D eigenvalue weighted by Crippen LogP contribution is -2.35. The molecule has 0 radical (unpaired) electrons. The first-order valence-electron chi connectivity index (χ1n) is 7.49. The molecule has 2 heterocycles. The molecule has 0 aliphatic carbocycles. The summed E-state index contributed by atoms with van der Waals surface area (Å²) in [7, 11) is 0. The van der Waals surface area contributed by atoms with Crippen LogP contribution in [0.3, 0.4) is 0 Å². The Morgan fingerprint density at radius 1 is 1.30 bits per heavy atom. The largest absolute Gasteiger partial charge is 0.378 e. The number of nitrogens with zero attached hydrogens (tertiary/aromatic N) is 2. The predicted octanol–water partition coefficient (Wildman–Crippen LogP) is 2.14. The number of hydrogen-bond donors (Lipinski definition) is 1. The molecule has 0 unspecified atom stereocenters. The van der Waals surface area contributed by atoms with E-state index in [0.29, 0.717) is 32.2 Å². The Kier molecular flexibility index (Phi) is 4.57. The number of aromatic nitrogens is 1. The minimum atomic E-state index is -0.329. The number of amides is 1. The van der Waals surface area contributed by atoms with Crippen LogP contribution in [0.25, 0.3) is 0 Å². The van der Waals surface area contributed by atoms with Gasteiger partial charge in [-0.1, -0.05) is 17.3 Å². The zero-order chi connectivity index (χ0) is 16.2. The van der Waals surface area contributed by atoms with E-state index >= 15 is 0 Å². The number of halogens is 1. The summed E-state index contributed by atoms with van der Waals surface area (Å²) in [4.78, 5) is 14.2. The number of carbonyl (C=O) groups is 1. The maximum Gasteiger partial charge on any atom is 0.274 e. The van der Waals surface area contributed by atoms with E-state index in [9.17, 15) is 9.18 Å². The van der Waals surface area contributed by atoms with Gasteiger partial charge in [-0.25, -0.2) is 4.39 Å². The molecule has 1 amide bonds. The second-order valence-electron chi connectivity index (χ2n) is 5.40. The molecule has 7 heteroatoms. The van der Waals surface area contributed by atoms with Crippen LogP contribution in [0.1, 0.15) is 29.0 Å². The number of carbonyl (C=O) groups excluding carboxylic acids is 1. The Morgan fingerprint density at radius 2 is 2.00 bits per heavy atom. The van der Waals surface area contributed by atoms with E-state index in [-0.39, 0.29) is 23.5 Å². The van der Waals surface area contributed by atoms with Crippen molar-refractivity contribution >= 4 is 11.8 Å². The van der Waals surface area contributed by atoms with E-state index in [1.54, 1.807) is 18.2 Å². The van der Waals surface area contributed by atoms with Crippen molar-refractivity contribution < 1.29 is 18.4 Å². The molecule has 2 aromatic rings. The Morgan fingerprint density at radius 3 is 2.70 bits per heavy atom. The van der Waals surface area contributed by atoms with E-state index < -0.39 is 0 Å². The summed E-state index contributed by atoms with van der Waals surface area (Å²) in [5.41, 5.74) is 1.04. The van der Waals surface area contributed by atoms with Crippen molar-refractivity contribution in [3.63, 3.8) is 0 Å². The van der Waals surface area contributed by atoms with Crippen molar-refractivity contribution in [2.45, 2.75) is 13.0 Å². The summed E-state index contributed by atoms with van der Waals surface area (Å²) in [5, 5.41) is 6.64. The fourth-order valence-electron chi connectivity index (χ4n) is 2.41. The zero-order valence-corrected chi connectivity index (χ0v) is 12.8. The quantitative estimate of drug-likeness (QED) is 0.935. The highest BCUT2D eigenvalue weighted by Gasteiger charge is 2.20. The Balaban J connectivity index is 1.63. The lowest BCUT2D eigenvalue weighted by molar-refractivity contribution is 0.0930. The average Bonchev–Trinajstić information content (AvgIpc) is 3.06. The third kappa shape index (κ3) is 3.68. The molecule has 1 aliphatic heterocycles. The van der Waals surface area contributed by atoms with Gasteiger partial charge in [0.15, 0.2) is 5.69 Å². The fourth-order valence-corrected chi connectivity index (χ4v) is 2.41. The van der Waals surface area contributed by atoms with Crippen molar-refractivity contribution in [2.75, 3.05) is 31.2 Å². The van der Waals surface area contributed by atoms with Crippen LogP contribution in [0.2, 0.25) is 0 Å². The van der Waals surface area contributed by atoms with Crippen molar-refractivity contribution in [1.82, 2.24) is 10.5 Å². The Bertz CT molecular complexity index is 665. The van der Waals surface area contributed by atoms with Crippen molar-refractivity contribution in [3.05, 3.63) is 47.4 Å². The molecule has 1 saturated heterocycles. The molecule has 1 fully saturated rings. The molecule has 0 bridgehead atoms. The third-order valence-corrected chi connectivity index (χ3v) is 3.77. The van der Waals surface area contributed by atoms with Crippen LogP contribution < -0.4 is 10.2 Å². The molecule has 1 N–H and O–H groups in total. The molecule has 23 heavy (non-hydrogen) atoms. The van der Waals surface area contributed by atoms with Gasteiger partial charge in [-0.05, 0) is 24.6 Å². The molecule has 6 nitrogen and oxygen atoms in total. The summed E-state index contributed by atoms with van der Waals surface area (Å²) < 4.78 is 23.4. The number of hydrogen-bond acceptors (Lipinski definition) is 5. The van der Waals surface area contributed by atoms with E-state index in [1.807, 2.05) is 11.8 Å². The standard InChI is InChI=1S/C16H18FN3O3/c1-11(12-2-4-13(17)5-3-12)18-16(21)14-10-15(23-19-14)20-6-8-22-9-7-20/h2-5,10-11H,6-9H2,1H3,(H,18,21)/t11-/m1/s1. The second kappa shape index (κ2) is 6.78. The molecule has 0 saturated carbocycles. The monoisotopic (exact) mass is 319 g/mol. The minimum absolute atomic E-state index is 0.223. The van der Waals surface area contributed by atoms with Crippen LogP contribution in [0.5, 0.6) is 0 Å². The highest BCUT2D eigenvalue weighted by atomic mass is 19.1. The van der Waals surface area contributed by atoms with Gasteiger partial charge < -0.3 is 19.5 Å². The lowest BCUT2D eigenvalue weighted by Gasteiger charge is -2.25. The maximum atomic E-state index is 12.9. The van der Waals surface area contributed by atoms with Gasteiger partial charge in [0, 0.05) is 19.2 Å². The first-order valence-corrected chi connectivity index (χ1v) is 7.49. The van der Waals surface area contributed by atoms with Gasteiger partial charge in [-0.15, -0.1) is 0 Å². The number of rotatable bonds is 4. The normalized spacial score (nSPS) is 16.2. The fraction of sp³-hybridized carbons (Fsp3) is 0.375. The van der Waals surface area contributed by atoms with Crippen LogP contribution in [0.4, 0.5) is 10.3 Å². The van der Waals surface area contributed by atoms with E-state index in [0.717, 1.165) is 5.56 Å². The second-order valence-corrected chi connectivity index (χ2v) is 5.40. The molecule has 1 aromatic heterocycles. The van der Waals surface area contributed by atoms with Crippen molar-refractivity contribution in [3.8, 4) is 0 Å². The van der Waals surface area contributed by atoms with Gasteiger partial charge in [0.2, 0.25) is 5.88 Å². The molecule has 3 rings (SSSR count). The number of nitrogens with one attached hydrogen (secondary N) is 1. The van der Waals surface area contributed by atoms with Gasteiger partial charge in [0.25, 0.3) is 5.91 Å². The highest BCUT2D eigenvalue weighted by Crippen LogP contribution is 2.18. The van der Waals surface area contributed by atoms with Crippen LogP contribution in [0, 0.1) is 5.82 Å². The van der Waals surface area contributed by atoms with E-state index in [4.69, 9.17) is 9.26 Å². The molecular weight excluding hydrogens is 301 g/mol. The molecular formula is C16H18FN3O3. The predicted molar refractivity (Wildman–Crippen MR) is 81.8 cm³/mol. The molecule has 0 spiro atoms. The Hall–Kier alpha value is -2.41. The maximum absolute atomic E-state index is 12.9. The van der Waals surface area contributed by atoms with Crippen LogP contribution in [0.15, 0.2) is 34.9 Å². The van der Waals surface area contributed by atoms with Gasteiger partial charge in [-0.3, -0.25) is 4.79 Å². The molecule has 1 aromatic carbocycles. The van der Waals surface area contributed by atoms with Crippen LogP contribution >= 0.6 is 0 Å². The average molecular weight is 319 g/mol. The summed E-state index contributed by atoms with van der Waals surface area (Å²) in [5.74, 6) is -0.0723. The minimum Gasteiger partial charge on any atom is -0.378 e. The SMILES string of the molecule is C[C@@H](NC(=O)c1cc(N2CCOCC2)on1)c1ccc(F)cc1.